The van der Waals surface area contributed by atoms with Crippen LogP contribution in [-0.2, 0) is 6.54 Å². The highest BCUT2D eigenvalue weighted by Crippen LogP contribution is 2.16. The zero-order valence-corrected chi connectivity index (χ0v) is 11.2. The smallest absolute Gasteiger partial charge is 0.124 e. The predicted octanol–water partition coefficient (Wildman–Crippen LogP) is 2.16. The number of nitrogens with zero attached hydrogens (tertiary/aromatic N) is 2. The van der Waals surface area contributed by atoms with Crippen LogP contribution in [0.2, 0.25) is 0 Å². The van der Waals surface area contributed by atoms with Crippen molar-refractivity contribution in [2.45, 2.75) is 13.0 Å². The lowest BCUT2D eigenvalue weighted by atomic mass is 10.1. The van der Waals surface area contributed by atoms with Crippen LogP contribution >= 0.6 is 12.2 Å². The quantitative estimate of drug-likeness (QED) is 0.628. The molecular weight excluding hydrogens is 263 g/mol. The highest BCUT2D eigenvalue weighted by Gasteiger charge is 2.06. The monoisotopic (exact) mass is 278 g/mol. The Hall–Kier alpha value is -1.95. The molecule has 19 heavy (non-hydrogen) atoms. The fourth-order valence-electron chi connectivity index (χ4n) is 1.77. The van der Waals surface area contributed by atoms with Gasteiger partial charge in [0.25, 0.3) is 0 Å². The van der Waals surface area contributed by atoms with Crippen molar-refractivity contribution in [1.29, 1.82) is 0 Å². The Balaban J connectivity index is 1.90. The van der Waals surface area contributed by atoms with E-state index >= 15 is 0 Å². The van der Waals surface area contributed by atoms with E-state index in [9.17, 15) is 4.39 Å². The summed E-state index contributed by atoms with van der Waals surface area (Å²) >= 11 is 4.91. The van der Waals surface area contributed by atoms with Gasteiger partial charge in [0.1, 0.15) is 10.8 Å². The summed E-state index contributed by atoms with van der Waals surface area (Å²) in [6.07, 6.45) is 4.56. The van der Waals surface area contributed by atoms with Crippen LogP contribution in [0.4, 0.5) is 10.1 Å². The van der Waals surface area contributed by atoms with Crippen molar-refractivity contribution in [3.63, 3.8) is 0 Å². The lowest BCUT2D eigenvalue weighted by molar-refractivity contribution is 0.591. The van der Waals surface area contributed by atoms with Gasteiger partial charge in [0.05, 0.1) is 0 Å². The molecule has 0 spiro atoms. The average molecular weight is 278 g/mol. The fraction of sp³-hybridized carbons (Fsp3) is 0.231. The number of halogens is 1. The van der Waals surface area contributed by atoms with Gasteiger partial charge in [-0.2, -0.15) is 5.10 Å². The van der Waals surface area contributed by atoms with E-state index in [0.29, 0.717) is 5.56 Å². The molecule has 100 valence electrons. The second kappa shape index (κ2) is 6.29. The number of hydrogen-bond donors (Lipinski definition) is 2. The van der Waals surface area contributed by atoms with E-state index in [1.165, 1.54) is 12.1 Å². The van der Waals surface area contributed by atoms with Crippen LogP contribution in [0, 0.1) is 5.82 Å². The Kier molecular flexibility index (Phi) is 4.46. The molecule has 4 nitrogen and oxygen atoms in total. The van der Waals surface area contributed by atoms with Crippen LogP contribution in [0.3, 0.4) is 0 Å². The molecule has 0 radical (unpaired) electrons. The number of rotatable bonds is 6. The van der Waals surface area contributed by atoms with Gasteiger partial charge >= 0.3 is 0 Å². The highest BCUT2D eigenvalue weighted by atomic mass is 32.1. The number of aryl methyl sites for hydroxylation is 1. The Labute approximate surface area is 116 Å². The van der Waals surface area contributed by atoms with Gasteiger partial charge in [-0.25, -0.2) is 4.39 Å². The molecule has 0 fully saturated rings. The van der Waals surface area contributed by atoms with Gasteiger partial charge < -0.3 is 11.1 Å². The van der Waals surface area contributed by atoms with E-state index in [0.717, 1.165) is 25.2 Å². The predicted molar refractivity (Wildman–Crippen MR) is 77.6 cm³/mol. The number of nitrogens with two attached hydrogens (primary N) is 1. The normalized spacial score (nSPS) is 10.4. The third-order valence-electron chi connectivity index (χ3n) is 2.69. The van der Waals surface area contributed by atoms with Gasteiger partial charge in [-0.1, -0.05) is 12.2 Å². The summed E-state index contributed by atoms with van der Waals surface area (Å²) in [6, 6.07) is 6.27. The highest BCUT2D eigenvalue weighted by molar-refractivity contribution is 7.80. The maximum atomic E-state index is 13.1. The van der Waals surface area contributed by atoms with E-state index in [2.05, 4.69) is 10.4 Å². The Morgan fingerprint density at radius 1 is 1.47 bits per heavy atom. The molecule has 3 N–H and O–H groups in total. The summed E-state index contributed by atoms with van der Waals surface area (Å²) in [5, 5.41) is 7.33. The Morgan fingerprint density at radius 3 is 3.00 bits per heavy atom. The van der Waals surface area contributed by atoms with Crippen LogP contribution in [-0.4, -0.2) is 21.3 Å². The van der Waals surface area contributed by atoms with Crippen molar-refractivity contribution in [2.75, 3.05) is 11.9 Å². The van der Waals surface area contributed by atoms with Crippen molar-refractivity contribution >= 4 is 22.9 Å². The number of anilines is 1. The van der Waals surface area contributed by atoms with Gasteiger partial charge in [0, 0.05) is 36.7 Å². The van der Waals surface area contributed by atoms with Gasteiger partial charge in [0.15, 0.2) is 0 Å². The average Bonchev–Trinajstić information content (AvgIpc) is 2.89. The van der Waals surface area contributed by atoms with E-state index < -0.39 is 0 Å². The number of hydrogen-bond acceptors (Lipinski definition) is 3. The van der Waals surface area contributed by atoms with E-state index in [-0.39, 0.29) is 10.8 Å². The van der Waals surface area contributed by atoms with Crippen molar-refractivity contribution in [3.05, 3.63) is 48.0 Å². The second-order valence-corrected chi connectivity index (χ2v) is 4.54. The first-order valence-corrected chi connectivity index (χ1v) is 6.38. The van der Waals surface area contributed by atoms with Crippen molar-refractivity contribution < 1.29 is 4.39 Å². The number of nitrogens with one attached hydrogen (secondary N) is 1. The molecule has 1 aromatic heterocycles. The van der Waals surface area contributed by atoms with Gasteiger partial charge in [-0.15, -0.1) is 0 Å². The molecule has 0 aliphatic carbocycles. The first-order valence-electron chi connectivity index (χ1n) is 5.97. The summed E-state index contributed by atoms with van der Waals surface area (Å²) in [5.41, 5.74) is 6.87. The molecule has 0 bridgehead atoms. The zero-order valence-electron chi connectivity index (χ0n) is 10.3. The lowest BCUT2D eigenvalue weighted by Gasteiger charge is -2.11. The number of thiocarbonyl (C=S) groups is 1. The maximum absolute atomic E-state index is 13.1. The minimum atomic E-state index is -0.343. The minimum absolute atomic E-state index is 0.189. The standard InChI is InChI=1S/C13H15FN4S/c14-10-3-4-12(11(9-10)13(15)19)16-5-1-7-18-8-2-6-17-18/h2-4,6,8-9,16H,1,5,7H2,(H2,15,19). The molecule has 2 aromatic rings. The van der Waals surface area contributed by atoms with Gasteiger partial charge in [-0.3, -0.25) is 4.68 Å². The lowest BCUT2D eigenvalue weighted by Crippen LogP contribution is -2.15. The molecule has 6 heteroatoms. The van der Waals surface area contributed by atoms with Crippen LogP contribution in [0.1, 0.15) is 12.0 Å². The van der Waals surface area contributed by atoms with Crippen LogP contribution < -0.4 is 11.1 Å². The first-order chi connectivity index (χ1) is 9.16. The summed E-state index contributed by atoms with van der Waals surface area (Å²) in [5.74, 6) is -0.343. The third-order valence-corrected chi connectivity index (χ3v) is 2.91. The van der Waals surface area contributed by atoms with E-state index in [1.54, 1.807) is 12.3 Å². The van der Waals surface area contributed by atoms with E-state index in [1.807, 2.05) is 16.9 Å². The number of aromatic nitrogens is 2. The van der Waals surface area contributed by atoms with Crippen LogP contribution in [0.25, 0.3) is 0 Å². The molecular formula is C13H15FN4S. The van der Waals surface area contributed by atoms with Crippen LogP contribution in [0.15, 0.2) is 36.7 Å². The summed E-state index contributed by atoms with van der Waals surface area (Å²) < 4.78 is 15.0. The largest absolute Gasteiger partial charge is 0.389 e. The SMILES string of the molecule is NC(=S)c1cc(F)ccc1NCCCn1cccn1. The molecule has 0 amide bonds. The molecule has 1 heterocycles. The second-order valence-electron chi connectivity index (χ2n) is 4.10. The van der Waals surface area contributed by atoms with Crippen LogP contribution in [0.5, 0.6) is 0 Å². The minimum Gasteiger partial charge on any atom is -0.389 e. The third kappa shape index (κ3) is 3.75. The molecule has 0 aliphatic heterocycles. The Bertz CT molecular complexity index is 554. The topological polar surface area (TPSA) is 55.9 Å². The molecule has 0 saturated carbocycles. The van der Waals surface area contributed by atoms with E-state index in [4.69, 9.17) is 18.0 Å². The summed E-state index contributed by atoms with van der Waals surface area (Å²) in [7, 11) is 0. The molecule has 1 aromatic carbocycles. The van der Waals surface area contributed by atoms with Gasteiger partial charge in [-0.05, 0) is 30.7 Å². The maximum Gasteiger partial charge on any atom is 0.124 e. The van der Waals surface area contributed by atoms with Gasteiger partial charge in [0.2, 0.25) is 0 Å². The zero-order chi connectivity index (χ0) is 13.7. The molecule has 0 unspecified atom stereocenters. The number of benzene rings is 1. The Morgan fingerprint density at radius 2 is 2.32 bits per heavy atom. The van der Waals surface area contributed by atoms with Crippen molar-refractivity contribution in [1.82, 2.24) is 9.78 Å². The summed E-state index contributed by atoms with van der Waals surface area (Å²) in [6.45, 7) is 1.56. The molecule has 0 aliphatic rings. The summed E-state index contributed by atoms with van der Waals surface area (Å²) in [4.78, 5) is 0.189. The molecule has 0 saturated heterocycles. The first kappa shape index (κ1) is 13.5. The molecule has 2 rings (SSSR count). The molecule has 0 atom stereocenters. The fourth-order valence-corrected chi connectivity index (χ4v) is 1.94. The van der Waals surface area contributed by atoms with Crippen molar-refractivity contribution in [3.8, 4) is 0 Å². The van der Waals surface area contributed by atoms with Crippen molar-refractivity contribution in [2.24, 2.45) is 5.73 Å².